The first-order valence-electron chi connectivity index (χ1n) is 5.80. The molecule has 0 atom stereocenters. The number of thioether (sulfide) groups is 1. The van der Waals surface area contributed by atoms with E-state index in [1.54, 1.807) is 34.4 Å². The maximum atomic E-state index is 6.05. The second-order valence-corrected chi connectivity index (χ2v) is 7.15. The summed E-state index contributed by atoms with van der Waals surface area (Å²) >= 11 is 4.98. The Bertz CT molecular complexity index is 645. The SMILES string of the molecule is Nc1sc(SCc2ccccc2)nc1-c1cccs1. The Balaban J connectivity index is 1.75. The molecule has 0 fully saturated rings. The van der Waals surface area contributed by atoms with Gasteiger partial charge in [-0.05, 0) is 17.0 Å². The van der Waals surface area contributed by atoms with Gasteiger partial charge in [0.05, 0.1) is 4.88 Å². The van der Waals surface area contributed by atoms with Gasteiger partial charge in [0, 0.05) is 5.75 Å². The molecule has 0 spiro atoms. The third kappa shape index (κ3) is 3.00. The van der Waals surface area contributed by atoms with E-state index in [0.29, 0.717) is 0 Å². The van der Waals surface area contributed by atoms with E-state index < -0.39 is 0 Å². The number of nitrogen functional groups attached to an aromatic ring is 1. The highest BCUT2D eigenvalue weighted by Crippen LogP contribution is 2.38. The van der Waals surface area contributed by atoms with Gasteiger partial charge in [0.15, 0.2) is 4.34 Å². The van der Waals surface area contributed by atoms with Crippen LogP contribution in [0.3, 0.4) is 0 Å². The molecular weight excluding hydrogens is 292 g/mol. The molecule has 2 aromatic heterocycles. The molecule has 0 aliphatic rings. The minimum atomic E-state index is 0.804. The van der Waals surface area contributed by atoms with E-state index in [0.717, 1.165) is 25.7 Å². The first kappa shape index (κ1) is 12.7. The number of nitrogens with two attached hydrogens (primary N) is 1. The van der Waals surface area contributed by atoms with Crippen LogP contribution in [0.15, 0.2) is 52.2 Å². The van der Waals surface area contributed by atoms with E-state index in [-0.39, 0.29) is 0 Å². The third-order valence-electron chi connectivity index (χ3n) is 2.59. The number of nitrogens with zero attached hydrogens (tertiary/aromatic N) is 1. The van der Waals surface area contributed by atoms with Crippen LogP contribution in [0.4, 0.5) is 5.00 Å². The van der Waals surface area contributed by atoms with Gasteiger partial charge in [0.1, 0.15) is 10.7 Å². The maximum absolute atomic E-state index is 6.05. The van der Waals surface area contributed by atoms with Crippen molar-refractivity contribution in [2.75, 3.05) is 5.73 Å². The standard InChI is InChI=1S/C14H12N2S3/c15-13-12(11-7-4-8-17-11)16-14(19-13)18-9-10-5-2-1-3-6-10/h1-8H,9,15H2. The molecule has 0 saturated carbocycles. The molecule has 2 N–H and O–H groups in total. The average molecular weight is 304 g/mol. The van der Waals surface area contributed by atoms with Crippen molar-refractivity contribution in [3.05, 3.63) is 53.4 Å². The summed E-state index contributed by atoms with van der Waals surface area (Å²) in [7, 11) is 0. The number of thiazole rings is 1. The number of aromatic nitrogens is 1. The Kier molecular flexibility index (Phi) is 3.87. The largest absolute Gasteiger partial charge is 0.389 e. The molecule has 0 radical (unpaired) electrons. The van der Waals surface area contributed by atoms with Gasteiger partial charge in [-0.3, -0.25) is 0 Å². The highest BCUT2D eigenvalue weighted by Gasteiger charge is 2.11. The Hall–Kier alpha value is -1.30. The van der Waals surface area contributed by atoms with Crippen LogP contribution in [0, 0.1) is 0 Å². The highest BCUT2D eigenvalue weighted by atomic mass is 32.2. The van der Waals surface area contributed by atoms with Crippen molar-refractivity contribution in [2.45, 2.75) is 10.1 Å². The van der Waals surface area contributed by atoms with Crippen molar-refractivity contribution in [1.82, 2.24) is 4.98 Å². The molecule has 0 bridgehead atoms. The van der Waals surface area contributed by atoms with Crippen molar-refractivity contribution >= 4 is 39.4 Å². The fraction of sp³-hybridized carbons (Fsp3) is 0.0714. The molecule has 5 heteroatoms. The van der Waals surface area contributed by atoms with Crippen molar-refractivity contribution in [3.8, 4) is 10.6 Å². The number of thiophene rings is 1. The van der Waals surface area contributed by atoms with Gasteiger partial charge in [-0.2, -0.15) is 0 Å². The summed E-state index contributed by atoms with van der Waals surface area (Å²) < 4.78 is 1.03. The van der Waals surface area contributed by atoms with Crippen LogP contribution in [-0.2, 0) is 5.75 Å². The van der Waals surface area contributed by atoms with Gasteiger partial charge >= 0.3 is 0 Å². The summed E-state index contributed by atoms with van der Waals surface area (Å²) in [6.45, 7) is 0. The molecule has 0 unspecified atom stereocenters. The van der Waals surface area contributed by atoms with Crippen LogP contribution in [-0.4, -0.2) is 4.98 Å². The summed E-state index contributed by atoms with van der Waals surface area (Å²) in [6.07, 6.45) is 0. The van der Waals surface area contributed by atoms with Crippen LogP contribution in [0.1, 0.15) is 5.56 Å². The van der Waals surface area contributed by atoms with E-state index in [9.17, 15) is 0 Å². The number of hydrogen-bond acceptors (Lipinski definition) is 5. The van der Waals surface area contributed by atoms with Crippen molar-refractivity contribution in [2.24, 2.45) is 0 Å². The highest BCUT2D eigenvalue weighted by molar-refractivity contribution is 8.00. The van der Waals surface area contributed by atoms with Crippen molar-refractivity contribution < 1.29 is 0 Å². The summed E-state index contributed by atoms with van der Waals surface area (Å²) in [4.78, 5) is 5.77. The van der Waals surface area contributed by atoms with Gasteiger partial charge in [-0.25, -0.2) is 4.98 Å². The van der Waals surface area contributed by atoms with E-state index in [1.165, 1.54) is 5.56 Å². The number of hydrogen-bond donors (Lipinski definition) is 1. The van der Waals surface area contributed by atoms with Gasteiger partial charge in [-0.15, -0.1) is 11.3 Å². The van der Waals surface area contributed by atoms with Crippen LogP contribution >= 0.6 is 34.4 Å². The fourth-order valence-corrected chi connectivity index (χ4v) is 4.37. The van der Waals surface area contributed by atoms with Gasteiger partial charge in [-0.1, -0.05) is 59.5 Å². The second kappa shape index (κ2) is 5.77. The summed E-state index contributed by atoms with van der Waals surface area (Å²) in [5.41, 5.74) is 8.28. The number of anilines is 1. The minimum Gasteiger partial charge on any atom is -0.389 e. The molecular formula is C14H12N2S3. The van der Waals surface area contributed by atoms with Crippen LogP contribution in [0.25, 0.3) is 10.6 Å². The summed E-state index contributed by atoms with van der Waals surface area (Å²) in [6, 6.07) is 14.5. The minimum absolute atomic E-state index is 0.804. The van der Waals surface area contributed by atoms with Gasteiger partial charge < -0.3 is 5.73 Å². The Morgan fingerprint density at radius 2 is 1.95 bits per heavy atom. The molecule has 19 heavy (non-hydrogen) atoms. The maximum Gasteiger partial charge on any atom is 0.152 e. The molecule has 96 valence electrons. The van der Waals surface area contributed by atoms with E-state index in [1.807, 2.05) is 17.5 Å². The predicted octanol–water partition coefficient (Wildman–Crippen LogP) is 4.75. The Morgan fingerprint density at radius 3 is 2.68 bits per heavy atom. The summed E-state index contributed by atoms with van der Waals surface area (Å²) in [5.74, 6) is 0.928. The topological polar surface area (TPSA) is 38.9 Å². The number of benzene rings is 1. The quantitative estimate of drug-likeness (QED) is 0.707. The smallest absolute Gasteiger partial charge is 0.152 e. The number of rotatable bonds is 4. The lowest BCUT2D eigenvalue weighted by molar-refractivity contribution is 1.25. The molecule has 3 rings (SSSR count). The first-order valence-corrected chi connectivity index (χ1v) is 8.48. The molecule has 2 nitrogen and oxygen atoms in total. The van der Waals surface area contributed by atoms with Gasteiger partial charge in [0.2, 0.25) is 0 Å². The van der Waals surface area contributed by atoms with E-state index >= 15 is 0 Å². The predicted molar refractivity (Wildman–Crippen MR) is 85.8 cm³/mol. The van der Waals surface area contributed by atoms with E-state index in [4.69, 9.17) is 5.73 Å². The lowest BCUT2D eigenvalue weighted by Gasteiger charge is -1.97. The monoisotopic (exact) mass is 304 g/mol. The van der Waals surface area contributed by atoms with E-state index in [2.05, 4.69) is 35.3 Å². The molecule has 2 heterocycles. The average Bonchev–Trinajstić information content (AvgIpc) is 3.07. The zero-order valence-corrected chi connectivity index (χ0v) is 12.5. The van der Waals surface area contributed by atoms with Crippen molar-refractivity contribution in [3.63, 3.8) is 0 Å². The summed E-state index contributed by atoms with van der Waals surface area (Å²) in [5, 5.41) is 2.85. The van der Waals surface area contributed by atoms with Crippen LogP contribution in [0.5, 0.6) is 0 Å². The van der Waals surface area contributed by atoms with Crippen LogP contribution in [0.2, 0.25) is 0 Å². The molecule has 0 saturated heterocycles. The third-order valence-corrected chi connectivity index (χ3v) is 5.57. The zero-order valence-electron chi connectivity index (χ0n) is 10.1. The Labute approximate surface area is 124 Å². The fourth-order valence-electron chi connectivity index (χ4n) is 1.68. The van der Waals surface area contributed by atoms with Crippen molar-refractivity contribution in [1.29, 1.82) is 0 Å². The lowest BCUT2D eigenvalue weighted by Crippen LogP contribution is -1.82. The van der Waals surface area contributed by atoms with Gasteiger partial charge in [0.25, 0.3) is 0 Å². The molecule has 0 aliphatic carbocycles. The normalized spacial score (nSPS) is 10.7. The lowest BCUT2D eigenvalue weighted by atomic mass is 10.2. The molecule has 1 aromatic carbocycles. The molecule has 0 amide bonds. The first-order chi connectivity index (χ1) is 9.33. The zero-order chi connectivity index (χ0) is 13.1. The molecule has 3 aromatic rings. The van der Waals surface area contributed by atoms with Crippen LogP contribution < -0.4 is 5.73 Å². The second-order valence-electron chi connectivity index (χ2n) is 3.94. The molecule has 0 aliphatic heterocycles. The Morgan fingerprint density at radius 1 is 1.11 bits per heavy atom.